The summed E-state index contributed by atoms with van der Waals surface area (Å²) in [4.78, 5) is 28.8. The SMILES string of the molecule is COCCC1C=c2nc3ccccn3c2=C2CCC(=O)C(C(=O)O)=C21. The Balaban J connectivity index is 2.10. The minimum atomic E-state index is -1.15. The second-order valence-corrected chi connectivity index (χ2v) is 6.32. The number of Topliss-reactive ketones (excluding diaryl/α,β-unsaturated/α-hetero) is 1. The Hall–Kier alpha value is -2.73. The molecule has 0 radical (unpaired) electrons. The van der Waals surface area contributed by atoms with Crippen LogP contribution in [0, 0.1) is 5.92 Å². The normalized spacial score (nSPS) is 19.6. The van der Waals surface area contributed by atoms with Crippen LogP contribution in [0.1, 0.15) is 19.3 Å². The molecule has 2 aromatic heterocycles. The number of nitrogens with zero attached hydrogens (tertiary/aromatic N) is 2. The van der Waals surface area contributed by atoms with Crippen molar-refractivity contribution in [3.8, 4) is 0 Å². The Labute approximate surface area is 143 Å². The molecule has 0 aliphatic heterocycles. The first kappa shape index (κ1) is 15.8. The van der Waals surface area contributed by atoms with Crippen LogP contribution >= 0.6 is 0 Å². The highest BCUT2D eigenvalue weighted by Gasteiger charge is 2.35. The summed E-state index contributed by atoms with van der Waals surface area (Å²) in [5, 5.41) is 11.4. The number of ether oxygens (including phenoxy) is 1. The molecule has 0 bridgehead atoms. The molecule has 128 valence electrons. The third-order valence-electron chi connectivity index (χ3n) is 4.89. The van der Waals surface area contributed by atoms with Crippen molar-refractivity contribution in [3.05, 3.63) is 46.2 Å². The van der Waals surface area contributed by atoms with E-state index in [1.807, 2.05) is 34.9 Å². The molecular formula is C19H18N2O4. The topological polar surface area (TPSA) is 80.9 Å². The molecular weight excluding hydrogens is 320 g/mol. The summed E-state index contributed by atoms with van der Waals surface area (Å²) in [6.45, 7) is 0.488. The van der Waals surface area contributed by atoms with Crippen molar-refractivity contribution in [3.63, 3.8) is 0 Å². The van der Waals surface area contributed by atoms with Gasteiger partial charge in [-0.25, -0.2) is 9.78 Å². The quantitative estimate of drug-likeness (QED) is 0.829. The third kappa shape index (κ3) is 2.41. The molecule has 2 aliphatic rings. The molecule has 0 saturated carbocycles. The van der Waals surface area contributed by atoms with Crippen LogP contribution in [0.5, 0.6) is 0 Å². The number of aromatic nitrogens is 2. The van der Waals surface area contributed by atoms with Crippen molar-refractivity contribution in [2.24, 2.45) is 5.92 Å². The first-order valence-corrected chi connectivity index (χ1v) is 8.30. The van der Waals surface area contributed by atoms with Crippen LogP contribution in [0.15, 0.2) is 35.5 Å². The van der Waals surface area contributed by atoms with Crippen LogP contribution < -0.4 is 10.7 Å². The number of hydrogen-bond donors (Lipinski definition) is 1. The van der Waals surface area contributed by atoms with Gasteiger partial charge in [-0.2, -0.15) is 0 Å². The first-order chi connectivity index (χ1) is 12.1. The third-order valence-corrected chi connectivity index (χ3v) is 4.89. The number of hydrogen-bond acceptors (Lipinski definition) is 4. The van der Waals surface area contributed by atoms with Crippen molar-refractivity contribution in [2.45, 2.75) is 19.3 Å². The average molecular weight is 338 g/mol. The van der Waals surface area contributed by atoms with Crippen LogP contribution in [0.3, 0.4) is 0 Å². The molecule has 0 aromatic carbocycles. The zero-order valence-electron chi connectivity index (χ0n) is 13.9. The second-order valence-electron chi connectivity index (χ2n) is 6.32. The maximum atomic E-state index is 12.3. The largest absolute Gasteiger partial charge is 0.478 e. The van der Waals surface area contributed by atoms with Crippen LogP contribution in [0.4, 0.5) is 0 Å². The van der Waals surface area contributed by atoms with Crippen molar-refractivity contribution >= 4 is 29.0 Å². The zero-order chi connectivity index (χ0) is 17.6. The zero-order valence-corrected chi connectivity index (χ0v) is 13.9. The Morgan fingerprint density at radius 1 is 1.40 bits per heavy atom. The lowest BCUT2D eigenvalue weighted by atomic mass is 9.76. The fraction of sp³-hybridized carbons (Fsp3) is 0.316. The van der Waals surface area contributed by atoms with E-state index in [1.165, 1.54) is 0 Å². The van der Waals surface area contributed by atoms with Gasteiger partial charge in [0.05, 0.1) is 10.7 Å². The number of carboxylic acid groups (broad SMARTS) is 1. The molecule has 1 unspecified atom stereocenters. The predicted molar refractivity (Wildman–Crippen MR) is 91.2 cm³/mol. The van der Waals surface area contributed by atoms with Crippen LogP contribution in [0.25, 0.3) is 17.3 Å². The van der Waals surface area contributed by atoms with Gasteiger partial charge < -0.3 is 9.84 Å². The van der Waals surface area contributed by atoms with Crippen LogP contribution in [-0.2, 0) is 14.3 Å². The Kier molecular flexibility index (Phi) is 3.77. The summed E-state index contributed by atoms with van der Waals surface area (Å²) in [5.74, 6) is -1.62. The highest BCUT2D eigenvalue weighted by molar-refractivity contribution is 6.20. The van der Waals surface area contributed by atoms with E-state index in [0.717, 1.165) is 21.9 Å². The summed E-state index contributed by atoms with van der Waals surface area (Å²) >= 11 is 0. The molecule has 1 atom stereocenters. The maximum Gasteiger partial charge on any atom is 0.339 e. The molecule has 25 heavy (non-hydrogen) atoms. The van der Waals surface area contributed by atoms with E-state index in [1.54, 1.807) is 7.11 Å². The Morgan fingerprint density at radius 3 is 3.00 bits per heavy atom. The first-order valence-electron chi connectivity index (χ1n) is 8.30. The number of imidazole rings is 1. The molecule has 0 spiro atoms. The van der Waals surface area contributed by atoms with E-state index in [2.05, 4.69) is 4.98 Å². The molecule has 2 aliphatic carbocycles. The molecule has 6 heteroatoms. The number of methoxy groups -OCH3 is 1. The number of rotatable bonds is 4. The predicted octanol–water partition coefficient (Wildman–Crippen LogP) is 0.676. The summed E-state index contributed by atoms with van der Waals surface area (Å²) in [6.07, 6.45) is 5.27. The Bertz CT molecular complexity index is 1050. The van der Waals surface area contributed by atoms with E-state index in [9.17, 15) is 14.7 Å². The fourth-order valence-electron chi connectivity index (χ4n) is 3.87. The minimum absolute atomic E-state index is 0.0739. The molecule has 2 heterocycles. The number of carboxylic acids is 1. The molecule has 0 amide bonds. The van der Waals surface area contributed by atoms with Gasteiger partial charge >= 0.3 is 5.97 Å². The van der Waals surface area contributed by atoms with E-state index in [0.29, 0.717) is 25.0 Å². The van der Waals surface area contributed by atoms with E-state index in [-0.39, 0.29) is 23.7 Å². The fourth-order valence-corrected chi connectivity index (χ4v) is 3.87. The summed E-state index contributed by atoms with van der Waals surface area (Å²) in [6, 6.07) is 5.76. The van der Waals surface area contributed by atoms with Gasteiger partial charge in [0, 0.05) is 32.3 Å². The van der Waals surface area contributed by atoms with Crippen molar-refractivity contribution in [1.29, 1.82) is 0 Å². The second kappa shape index (κ2) is 5.97. The highest BCUT2D eigenvalue weighted by atomic mass is 16.5. The van der Waals surface area contributed by atoms with Crippen molar-refractivity contribution in [1.82, 2.24) is 9.38 Å². The van der Waals surface area contributed by atoms with Gasteiger partial charge in [0.25, 0.3) is 0 Å². The molecule has 4 rings (SSSR count). The average Bonchev–Trinajstić information content (AvgIpc) is 2.97. The number of aliphatic carboxylic acids is 1. The molecule has 6 nitrogen and oxygen atoms in total. The standard InChI is InChI=1S/C19H18N2O4/c1-25-9-7-11-10-13-18(21-8-3-2-4-15(21)20-13)12-5-6-14(22)17(16(11)12)19(23)24/h2-4,8,10-11H,5-7,9H2,1H3,(H,23,24). The lowest BCUT2D eigenvalue weighted by Crippen LogP contribution is -2.39. The number of carbonyl (C=O) groups is 2. The number of ketones is 1. The van der Waals surface area contributed by atoms with Gasteiger partial charge in [-0.1, -0.05) is 6.07 Å². The van der Waals surface area contributed by atoms with Gasteiger partial charge in [0.1, 0.15) is 11.2 Å². The van der Waals surface area contributed by atoms with Crippen LogP contribution in [0.2, 0.25) is 0 Å². The molecule has 1 N–H and O–H groups in total. The summed E-state index contributed by atoms with van der Waals surface area (Å²) in [7, 11) is 1.61. The number of pyridine rings is 1. The number of fused-ring (bicyclic) bond motifs is 4. The van der Waals surface area contributed by atoms with Gasteiger partial charge in [-0.15, -0.1) is 0 Å². The Morgan fingerprint density at radius 2 is 2.24 bits per heavy atom. The molecule has 0 fully saturated rings. The lowest BCUT2D eigenvalue weighted by Gasteiger charge is -2.27. The number of carbonyl (C=O) groups excluding carboxylic acids is 1. The van der Waals surface area contributed by atoms with Crippen molar-refractivity contribution < 1.29 is 19.4 Å². The maximum absolute atomic E-state index is 12.3. The lowest BCUT2D eigenvalue weighted by molar-refractivity contribution is -0.134. The highest BCUT2D eigenvalue weighted by Crippen LogP contribution is 2.36. The monoisotopic (exact) mass is 338 g/mol. The molecule has 0 saturated heterocycles. The van der Waals surface area contributed by atoms with E-state index >= 15 is 0 Å². The van der Waals surface area contributed by atoms with E-state index in [4.69, 9.17) is 4.74 Å². The minimum Gasteiger partial charge on any atom is -0.478 e. The van der Waals surface area contributed by atoms with Gasteiger partial charge in [0.2, 0.25) is 0 Å². The summed E-state index contributed by atoms with van der Waals surface area (Å²) < 4.78 is 7.16. The van der Waals surface area contributed by atoms with Crippen LogP contribution in [-0.4, -0.2) is 40.0 Å². The smallest absolute Gasteiger partial charge is 0.339 e. The van der Waals surface area contributed by atoms with Gasteiger partial charge in [-0.3, -0.25) is 9.20 Å². The van der Waals surface area contributed by atoms with E-state index < -0.39 is 5.97 Å². The number of allylic oxidation sites excluding steroid dienone is 1. The summed E-state index contributed by atoms with van der Waals surface area (Å²) in [5.41, 5.74) is 2.31. The molecule has 2 aromatic rings. The van der Waals surface area contributed by atoms with Gasteiger partial charge in [0.15, 0.2) is 5.78 Å². The van der Waals surface area contributed by atoms with Crippen molar-refractivity contribution in [2.75, 3.05) is 13.7 Å². The van der Waals surface area contributed by atoms with Gasteiger partial charge in [-0.05, 0) is 42.2 Å².